The Morgan fingerprint density at radius 1 is 0.700 bits per heavy atom. The molecule has 0 atom stereocenters. The summed E-state index contributed by atoms with van der Waals surface area (Å²) in [4.78, 5) is 78.6. The first-order valence-electron chi connectivity index (χ1n) is 18.1. The van der Waals surface area contributed by atoms with Gasteiger partial charge in [-0.3, -0.25) is 40.3 Å². The van der Waals surface area contributed by atoms with Gasteiger partial charge in [0, 0.05) is 48.8 Å². The molecule has 5 amide bonds. The summed E-state index contributed by atoms with van der Waals surface area (Å²) < 4.78 is 12.6. The highest BCUT2D eigenvalue weighted by molar-refractivity contribution is 5.92. The van der Waals surface area contributed by atoms with Gasteiger partial charge in [-0.1, -0.05) is 41.8 Å². The van der Waals surface area contributed by atoms with Crippen LogP contribution in [0.3, 0.4) is 0 Å². The number of aryl methyl sites for hydroxylation is 4. The lowest BCUT2D eigenvalue weighted by molar-refractivity contribution is -0.146. The standard InChI is InChI=1S/C19H22N6O4.C13H13N3O2.C6H11N3O3.CH4/c1-13-7-14(2)9-15(8-13)19-20-12-25(23-19)4-3-16(26)21-22-17(27)10-24-5-6-29-11-18(24)28;1-9-5-10(2)7-11(6-9)13-14-8-16(15-13)4-3-12(17)18;7-8-5(10)3-9-1-2-12-4-6(9)11;/h3-4,7-9,12H,5-6,10-11H2,1-2H3,(H,21,26)(H,22,27);3-8H,1-2H3,(H,17,18);1-4,7H2,(H,8,10);1H4/b2*4-3-;;. The quantitative estimate of drug-likeness (QED) is 0.0635. The molecule has 6 N–H and O–H groups in total. The normalized spacial score (nSPS) is 13.8. The van der Waals surface area contributed by atoms with E-state index in [0.717, 1.165) is 39.5 Å². The van der Waals surface area contributed by atoms with E-state index >= 15 is 0 Å². The number of hydrogen-bond acceptors (Lipinski definition) is 13. The number of aliphatic carboxylic acids is 1. The second-order valence-electron chi connectivity index (χ2n) is 13.2. The molecule has 60 heavy (non-hydrogen) atoms. The number of benzene rings is 2. The van der Waals surface area contributed by atoms with E-state index in [1.807, 2.05) is 57.4 Å². The first kappa shape index (κ1) is 47.3. The molecular formula is C39H50N12O9. The van der Waals surface area contributed by atoms with Gasteiger partial charge in [0.15, 0.2) is 11.6 Å². The van der Waals surface area contributed by atoms with E-state index in [2.05, 4.69) is 43.1 Å². The lowest BCUT2D eigenvalue weighted by atomic mass is 10.1. The van der Waals surface area contributed by atoms with E-state index in [4.69, 9.17) is 20.4 Å². The number of rotatable bonds is 10. The largest absolute Gasteiger partial charge is 0.478 e. The van der Waals surface area contributed by atoms with Crippen LogP contribution in [0.1, 0.15) is 29.7 Å². The molecule has 4 aromatic rings. The molecule has 0 unspecified atom stereocenters. The molecule has 2 aromatic carbocycles. The van der Waals surface area contributed by atoms with Crippen molar-refractivity contribution in [1.82, 2.24) is 55.6 Å². The van der Waals surface area contributed by atoms with Gasteiger partial charge in [0.2, 0.25) is 11.8 Å². The maximum absolute atomic E-state index is 11.9. The Labute approximate surface area is 346 Å². The maximum Gasteiger partial charge on any atom is 0.329 e. The van der Waals surface area contributed by atoms with Gasteiger partial charge < -0.3 is 24.4 Å². The Kier molecular flexibility index (Phi) is 18.4. The monoisotopic (exact) mass is 830 g/mol. The van der Waals surface area contributed by atoms with Crippen LogP contribution in [0.15, 0.2) is 61.2 Å². The van der Waals surface area contributed by atoms with Crippen molar-refractivity contribution in [2.45, 2.75) is 35.1 Å². The zero-order valence-corrected chi connectivity index (χ0v) is 33.0. The Bertz CT molecular complexity index is 2160. The average Bonchev–Trinajstić information content (AvgIpc) is 3.88. The molecule has 0 bridgehead atoms. The van der Waals surface area contributed by atoms with E-state index in [9.17, 15) is 28.8 Å². The average molecular weight is 831 g/mol. The molecule has 320 valence electrons. The van der Waals surface area contributed by atoms with Crippen molar-refractivity contribution in [2.24, 2.45) is 5.84 Å². The fourth-order valence-corrected chi connectivity index (χ4v) is 5.49. The van der Waals surface area contributed by atoms with Crippen molar-refractivity contribution >= 4 is 47.9 Å². The van der Waals surface area contributed by atoms with Crippen LogP contribution in [0.2, 0.25) is 0 Å². The third-order valence-electron chi connectivity index (χ3n) is 8.05. The van der Waals surface area contributed by atoms with Crippen LogP contribution in [0.25, 0.3) is 35.2 Å². The topological polar surface area (TPSA) is 271 Å². The van der Waals surface area contributed by atoms with Gasteiger partial charge in [-0.05, 0) is 52.0 Å². The smallest absolute Gasteiger partial charge is 0.329 e. The number of amides is 5. The zero-order chi connectivity index (χ0) is 42.9. The predicted molar refractivity (Wildman–Crippen MR) is 218 cm³/mol. The molecular weight excluding hydrogens is 781 g/mol. The molecule has 2 fully saturated rings. The summed E-state index contributed by atoms with van der Waals surface area (Å²) in [6.45, 7) is 9.56. The van der Waals surface area contributed by atoms with Gasteiger partial charge in [-0.15, -0.1) is 10.2 Å². The van der Waals surface area contributed by atoms with Crippen molar-refractivity contribution in [3.05, 3.63) is 83.5 Å². The summed E-state index contributed by atoms with van der Waals surface area (Å²) in [5, 5.41) is 17.0. The van der Waals surface area contributed by atoms with Gasteiger partial charge in [0.25, 0.3) is 17.7 Å². The summed E-state index contributed by atoms with van der Waals surface area (Å²) in [7, 11) is 0. The van der Waals surface area contributed by atoms with E-state index in [1.165, 1.54) is 50.3 Å². The summed E-state index contributed by atoms with van der Waals surface area (Å²) in [6.07, 6.45) is 7.96. The predicted octanol–water partition coefficient (Wildman–Crippen LogP) is 0.627. The van der Waals surface area contributed by atoms with Gasteiger partial charge >= 0.3 is 5.97 Å². The van der Waals surface area contributed by atoms with Crippen LogP contribution < -0.4 is 22.1 Å². The molecule has 21 heteroatoms. The minimum absolute atomic E-state index is 0. The first-order chi connectivity index (χ1) is 28.2. The number of hydrogen-bond donors (Lipinski definition) is 5. The lowest BCUT2D eigenvalue weighted by Gasteiger charge is -2.25. The van der Waals surface area contributed by atoms with E-state index in [0.29, 0.717) is 38.0 Å². The second-order valence-corrected chi connectivity index (χ2v) is 13.2. The third-order valence-corrected chi connectivity index (χ3v) is 8.05. The fourth-order valence-electron chi connectivity index (χ4n) is 5.49. The van der Waals surface area contributed by atoms with Crippen molar-refractivity contribution in [3.8, 4) is 22.8 Å². The van der Waals surface area contributed by atoms with Gasteiger partial charge in [0.05, 0.1) is 13.2 Å². The molecule has 2 aliphatic heterocycles. The SMILES string of the molecule is C.Cc1cc(C)cc(-c2ncn(/C=C\C(=O)NNC(=O)CN3CCOCC3=O)n2)c1.Cc1cc(C)cc(-c2ncn(/C=C\C(=O)O)n2)c1.NNC(=O)CN1CCOCC1=O. The van der Waals surface area contributed by atoms with Crippen molar-refractivity contribution < 1.29 is 43.3 Å². The van der Waals surface area contributed by atoms with Crippen LogP contribution in [-0.4, -0.2) is 133 Å². The number of carboxylic acid groups (broad SMARTS) is 1. The number of ether oxygens (including phenoxy) is 2. The molecule has 6 rings (SSSR count). The number of nitrogens with two attached hydrogens (primary N) is 1. The molecule has 2 saturated heterocycles. The van der Waals surface area contributed by atoms with Crippen molar-refractivity contribution in [2.75, 3.05) is 52.6 Å². The van der Waals surface area contributed by atoms with Gasteiger partial charge in [-0.2, -0.15) is 0 Å². The number of carbonyl (C=O) groups excluding carboxylic acids is 5. The Morgan fingerprint density at radius 3 is 1.55 bits per heavy atom. The van der Waals surface area contributed by atoms with Gasteiger partial charge in [0.1, 0.15) is 39.0 Å². The fraction of sp³-hybridized carbons (Fsp3) is 0.333. The summed E-state index contributed by atoms with van der Waals surface area (Å²) >= 11 is 0. The van der Waals surface area contributed by atoms with Gasteiger partial charge in [-0.25, -0.2) is 30.0 Å². The van der Waals surface area contributed by atoms with Crippen LogP contribution in [0.4, 0.5) is 0 Å². The number of hydrazine groups is 2. The molecule has 21 nitrogen and oxygen atoms in total. The Balaban J connectivity index is 0.000000264. The van der Waals surface area contributed by atoms with Crippen molar-refractivity contribution in [3.63, 3.8) is 0 Å². The van der Waals surface area contributed by atoms with Crippen LogP contribution in [0.5, 0.6) is 0 Å². The number of nitrogens with one attached hydrogen (secondary N) is 3. The van der Waals surface area contributed by atoms with Crippen LogP contribution in [0, 0.1) is 27.7 Å². The second kappa shape index (κ2) is 23.3. The minimum Gasteiger partial charge on any atom is -0.478 e. The highest BCUT2D eigenvalue weighted by atomic mass is 16.5. The summed E-state index contributed by atoms with van der Waals surface area (Å²) in [5.74, 6) is 3.12. The van der Waals surface area contributed by atoms with E-state index in [-0.39, 0.29) is 51.5 Å². The molecule has 0 saturated carbocycles. The molecule has 4 heterocycles. The molecule has 2 aliphatic rings. The van der Waals surface area contributed by atoms with Crippen LogP contribution >= 0.6 is 0 Å². The Hall–Kier alpha value is -7.10. The summed E-state index contributed by atoms with van der Waals surface area (Å²) in [5.41, 5.74) is 12.8. The number of morpholine rings is 2. The molecule has 0 aliphatic carbocycles. The number of carboxylic acids is 1. The van der Waals surface area contributed by atoms with Crippen LogP contribution in [-0.2, 0) is 38.2 Å². The minimum atomic E-state index is -1.02. The number of aromatic nitrogens is 6. The highest BCUT2D eigenvalue weighted by Gasteiger charge is 2.21. The number of nitrogens with zero attached hydrogens (tertiary/aromatic N) is 8. The third kappa shape index (κ3) is 15.7. The maximum atomic E-state index is 11.9. The number of carbonyl (C=O) groups is 6. The van der Waals surface area contributed by atoms with E-state index in [1.54, 1.807) is 0 Å². The Morgan fingerprint density at radius 2 is 1.13 bits per heavy atom. The highest BCUT2D eigenvalue weighted by Crippen LogP contribution is 2.19. The summed E-state index contributed by atoms with van der Waals surface area (Å²) in [6, 6.07) is 12.1. The van der Waals surface area contributed by atoms with Crippen molar-refractivity contribution in [1.29, 1.82) is 0 Å². The zero-order valence-electron chi connectivity index (χ0n) is 33.0. The molecule has 2 aromatic heterocycles. The molecule has 0 radical (unpaired) electrons. The molecule has 0 spiro atoms. The lowest BCUT2D eigenvalue weighted by Crippen LogP contribution is -2.50. The first-order valence-corrected chi connectivity index (χ1v) is 18.1. The van der Waals surface area contributed by atoms with E-state index < -0.39 is 17.8 Å².